The SMILES string of the molecule is CCCc1ccc(CCC2(C(=O)OC(C)(C)C)CCCC(C(=O)OCc3ccccc3)C2)cc1. The summed E-state index contributed by atoms with van der Waals surface area (Å²) in [6.07, 6.45) is 6.48. The Bertz CT molecular complexity index is 927. The van der Waals surface area contributed by atoms with Crippen molar-refractivity contribution in [2.75, 3.05) is 0 Å². The molecule has 1 saturated carbocycles. The number of hydrogen-bond donors (Lipinski definition) is 0. The van der Waals surface area contributed by atoms with E-state index in [4.69, 9.17) is 9.47 Å². The maximum absolute atomic E-state index is 13.5. The van der Waals surface area contributed by atoms with Gasteiger partial charge in [0.25, 0.3) is 0 Å². The second-order valence-electron chi connectivity index (χ2n) is 10.7. The zero-order valence-electron chi connectivity index (χ0n) is 21.3. The summed E-state index contributed by atoms with van der Waals surface area (Å²) in [6.45, 7) is 8.15. The van der Waals surface area contributed by atoms with Crippen LogP contribution in [-0.4, -0.2) is 17.5 Å². The van der Waals surface area contributed by atoms with Crippen molar-refractivity contribution in [1.29, 1.82) is 0 Å². The molecule has 0 aliphatic heterocycles. The monoisotopic (exact) mass is 464 g/mol. The highest BCUT2D eigenvalue weighted by Gasteiger charge is 2.46. The van der Waals surface area contributed by atoms with E-state index in [9.17, 15) is 9.59 Å². The molecule has 3 rings (SSSR count). The highest BCUT2D eigenvalue weighted by Crippen LogP contribution is 2.45. The van der Waals surface area contributed by atoms with Gasteiger partial charge in [-0.05, 0) is 76.0 Å². The molecule has 0 spiro atoms. The van der Waals surface area contributed by atoms with Crippen molar-refractivity contribution in [1.82, 2.24) is 0 Å². The van der Waals surface area contributed by atoms with Crippen LogP contribution in [0.4, 0.5) is 0 Å². The van der Waals surface area contributed by atoms with E-state index in [1.54, 1.807) is 0 Å². The first-order valence-electron chi connectivity index (χ1n) is 12.7. The molecule has 34 heavy (non-hydrogen) atoms. The third-order valence-corrected chi connectivity index (χ3v) is 6.69. The minimum atomic E-state index is -0.663. The standard InChI is InChI=1S/C30H40O4/c1-5-10-23-14-16-24(17-15-23)18-20-30(28(32)34-29(2,3)4)19-9-13-26(21-30)27(31)33-22-25-11-7-6-8-12-25/h6-8,11-12,14-17,26H,5,9-10,13,18-22H2,1-4H3. The van der Waals surface area contributed by atoms with Gasteiger partial charge in [-0.25, -0.2) is 0 Å². The predicted octanol–water partition coefficient (Wildman–Crippen LogP) is 6.83. The number of hydrogen-bond acceptors (Lipinski definition) is 4. The fourth-order valence-corrected chi connectivity index (χ4v) is 4.86. The van der Waals surface area contributed by atoms with Crippen molar-refractivity contribution in [3.63, 3.8) is 0 Å². The van der Waals surface area contributed by atoms with Gasteiger partial charge in [-0.3, -0.25) is 9.59 Å². The van der Waals surface area contributed by atoms with Crippen molar-refractivity contribution in [3.8, 4) is 0 Å². The molecule has 0 bridgehead atoms. The van der Waals surface area contributed by atoms with Gasteiger partial charge < -0.3 is 9.47 Å². The first-order valence-corrected chi connectivity index (χ1v) is 12.7. The van der Waals surface area contributed by atoms with Gasteiger partial charge in [-0.1, -0.05) is 74.4 Å². The molecule has 1 aliphatic rings. The summed E-state index contributed by atoms with van der Waals surface area (Å²) in [5.74, 6) is -0.666. The molecule has 4 nitrogen and oxygen atoms in total. The third kappa shape index (κ3) is 7.44. The van der Waals surface area contributed by atoms with Crippen molar-refractivity contribution < 1.29 is 19.1 Å². The fraction of sp³-hybridized carbons (Fsp3) is 0.533. The van der Waals surface area contributed by atoms with Crippen LogP contribution in [0.2, 0.25) is 0 Å². The van der Waals surface area contributed by atoms with Gasteiger partial charge in [-0.2, -0.15) is 0 Å². The highest BCUT2D eigenvalue weighted by molar-refractivity contribution is 5.80. The minimum Gasteiger partial charge on any atom is -0.461 e. The Morgan fingerprint density at radius 1 is 0.941 bits per heavy atom. The summed E-state index contributed by atoms with van der Waals surface area (Å²) in [6, 6.07) is 18.4. The van der Waals surface area contributed by atoms with E-state index in [0.717, 1.165) is 44.1 Å². The number of rotatable bonds is 9. The number of ether oxygens (including phenoxy) is 2. The molecule has 1 aliphatic carbocycles. The van der Waals surface area contributed by atoms with Crippen LogP contribution in [0.5, 0.6) is 0 Å². The van der Waals surface area contributed by atoms with Gasteiger partial charge in [0, 0.05) is 0 Å². The van der Waals surface area contributed by atoms with E-state index in [1.165, 1.54) is 11.1 Å². The van der Waals surface area contributed by atoms with Gasteiger partial charge in [0.1, 0.15) is 12.2 Å². The van der Waals surface area contributed by atoms with Gasteiger partial charge in [0.2, 0.25) is 0 Å². The Labute approximate surface area is 205 Å². The summed E-state index contributed by atoms with van der Waals surface area (Å²) in [5, 5.41) is 0. The Morgan fingerprint density at radius 3 is 2.21 bits per heavy atom. The van der Waals surface area contributed by atoms with Crippen molar-refractivity contribution in [2.45, 2.75) is 91.3 Å². The van der Waals surface area contributed by atoms with Crippen LogP contribution in [0, 0.1) is 11.3 Å². The molecule has 0 N–H and O–H groups in total. The molecular weight excluding hydrogens is 424 g/mol. The zero-order valence-corrected chi connectivity index (χ0v) is 21.3. The molecule has 0 radical (unpaired) electrons. The largest absolute Gasteiger partial charge is 0.461 e. The summed E-state index contributed by atoms with van der Waals surface area (Å²) < 4.78 is 11.5. The Morgan fingerprint density at radius 2 is 1.59 bits per heavy atom. The number of esters is 2. The van der Waals surface area contributed by atoms with Crippen molar-refractivity contribution in [3.05, 3.63) is 71.3 Å². The molecule has 0 amide bonds. The average molecular weight is 465 g/mol. The quantitative estimate of drug-likeness (QED) is 0.382. The van der Waals surface area contributed by atoms with Crippen LogP contribution in [0.25, 0.3) is 0 Å². The van der Waals surface area contributed by atoms with E-state index in [0.29, 0.717) is 12.8 Å². The maximum atomic E-state index is 13.5. The molecule has 0 heterocycles. The second-order valence-corrected chi connectivity index (χ2v) is 10.7. The molecule has 2 atom stereocenters. The molecule has 0 aromatic heterocycles. The molecule has 2 aromatic carbocycles. The van der Waals surface area contributed by atoms with E-state index >= 15 is 0 Å². The predicted molar refractivity (Wildman–Crippen MR) is 135 cm³/mol. The molecule has 1 fully saturated rings. The molecule has 4 heteroatoms. The zero-order chi connectivity index (χ0) is 24.6. The fourth-order valence-electron chi connectivity index (χ4n) is 4.86. The van der Waals surface area contributed by atoms with Crippen LogP contribution in [0.15, 0.2) is 54.6 Å². The molecule has 2 unspecified atom stereocenters. The van der Waals surface area contributed by atoms with Crippen LogP contribution in [0.1, 0.15) is 82.9 Å². The molecule has 2 aromatic rings. The highest BCUT2D eigenvalue weighted by atomic mass is 16.6. The Balaban J connectivity index is 1.71. The number of aryl methyl sites for hydroxylation is 2. The maximum Gasteiger partial charge on any atom is 0.312 e. The Kier molecular flexibility index (Phi) is 8.93. The number of carbonyl (C=O) groups is 2. The lowest BCUT2D eigenvalue weighted by Crippen LogP contribution is -2.43. The van der Waals surface area contributed by atoms with Gasteiger partial charge >= 0.3 is 11.9 Å². The normalized spacial score (nSPS) is 20.5. The lowest BCUT2D eigenvalue weighted by atomic mass is 9.66. The van der Waals surface area contributed by atoms with Gasteiger partial charge in [0.15, 0.2) is 0 Å². The van der Waals surface area contributed by atoms with E-state index in [1.807, 2.05) is 51.1 Å². The minimum absolute atomic E-state index is 0.178. The molecular formula is C30H40O4. The number of benzene rings is 2. The summed E-state index contributed by atoms with van der Waals surface area (Å²) in [4.78, 5) is 26.4. The van der Waals surface area contributed by atoms with Crippen LogP contribution in [0.3, 0.4) is 0 Å². The second kappa shape index (κ2) is 11.7. The average Bonchev–Trinajstić information content (AvgIpc) is 2.82. The topological polar surface area (TPSA) is 52.6 Å². The van der Waals surface area contributed by atoms with E-state index in [-0.39, 0.29) is 24.5 Å². The lowest BCUT2D eigenvalue weighted by Gasteiger charge is -2.40. The van der Waals surface area contributed by atoms with Crippen LogP contribution >= 0.6 is 0 Å². The van der Waals surface area contributed by atoms with Crippen LogP contribution < -0.4 is 0 Å². The summed E-state index contributed by atoms with van der Waals surface area (Å²) >= 11 is 0. The lowest BCUT2D eigenvalue weighted by molar-refractivity contribution is -0.173. The first-order chi connectivity index (χ1) is 16.2. The van der Waals surface area contributed by atoms with E-state index in [2.05, 4.69) is 31.2 Å². The van der Waals surface area contributed by atoms with Crippen molar-refractivity contribution in [2.24, 2.45) is 11.3 Å². The third-order valence-electron chi connectivity index (χ3n) is 6.69. The van der Waals surface area contributed by atoms with Gasteiger partial charge in [0.05, 0.1) is 11.3 Å². The summed E-state index contributed by atoms with van der Waals surface area (Å²) in [5.41, 5.74) is 2.30. The number of carbonyl (C=O) groups excluding carboxylic acids is 2. The van der Waals surface area contributed by atoms with Crippen molar-refractivity contribution >= 4 is 11.9 Å². The first kappa shape index (κ1) is 26.0. The Hall–Kier alpha value is -2.62. The molecule has 184 valence electrons. The summed E-state index contributed by atoms with van der Waals surface area (Å²) in [7, 11) is 0. The smallest absolute Gasteiger partial charge is 0.312 e. The van der Waals surface area contributed by atoms with Crippen LogP contribution in [-0.2, 0) is 38.5 Å². The van der Waals surface area contributed by atoms with E-state index < -0.39 is 11.0 Å². The molecule has 0 saturated heterocycles. The van der Waals surface area contributed by atoms with Gasteiger partial charge in [-0.15, -0.1) is 0 Å².